The maximum absolute atomic E-state index is 12.0. The summed E-state index contributed by atoms with van der Waals surface area (Å²) in [5.41, 5.74) is 7.03. The van der Waals surface area contributed by atoms with E-state index in [-0.39, 0.29) is 48.8 Å². The summed E-state index contributed by atoms with van der Waals surface area (Å²) in [6.07, 6.45) is 0.444. The predicted octanol–water partition coefficient (Wildman–Crippen LogP) is -1.08. The van der Waals surface area contributed by atoms with Gasteiger partial charge in [-0.05, 0) is 12.1 Å². The number of benzene rings is 1. The normalized spacial score (nSPS) is 28.9. The predicted molar refractivity (Wildman–Crippen MR) is 92.6 cm³/mol. The number of carboxylic acids is 1. The van der Waals surface area contributed by atoms with Gasteiger partial charge in [-0.15, -0.1) is 23.1 Å². The van der Waals surface area contributed by atoms with Crippen molar-refractivity contribution in [3.05, 3.63) is 24.3 Å². The Morgan fingerprint density at radius 1 is 1.50 bits per heavy atom. The molecule has 2 fully saturated rings. The number of para-hydroxylation sites is 1. The molecule has 122 valence electrons. The minimum absolute atomic E-state index is 0. The monoisotopic (exact) mass is 391 g/mol. The van der Waals surface area contributed by atoms with Gasteiger partial charge in [-0.1, -0.05) is 23.9 Å². The van der Waals surface area contributed by atoms with E-state index >= 15 is 0 Å². The van der Waals surface area contributed by atoms with Crippen molar-refractivity contribution in [2.24, 2.45) is 5.73 Å². The second kappa shape index (κ2) is 6.79. The van der Waals surface area contributed by atoms with Crippen LogP contribution in [0.5, 0.6) is 0 Å². The maximum Gasteiger partial charge on any atom is 1.00 e. The molecule has 0 aliphatic carbocycles. The molecule has 0 spiro atoms. The zero-order valence-electron chi connectivity index (χ0n) is 13.8. The van der Waals surface area contributed by atoms with Gasteiger partial charge in [-0.3, -0.25) is 9.59 Å². The van der Waals surface area contributed by atoms with Crippen LogP contribution in [0.25, 0.3) is 10.2 Å². The van der Waals surface area contributed by atoms with Crippen LogP contribution in [0.2, 0.25) is 0 Å². The summed E-state index contributed by atoms with van der Waals surface area (Å²) in [5, 5.41) is 9.26. The van der Waals surface area contributed by atoms with Crippen molar-refractivity contribution in [3.8, 4) is 0 Å². The van der Waals surface area contributed by atoms with Gasteiger partial charge in [0.1, 0.15) is 0 Å². The van der Waals surface area contributed by atoms with Crippen molar-refractivity contribution in [3.63, 3.8) is 0 Å². The number of amides is 1. The van der Waals surface area contributed by atoms with Crippen LogP contribution in [0.15, 0.2) is 28.6 Å². The molecule has 3 atom stereocenters. The first-order chi connectivity index (χ1) is 11.0. The number of nitrogens with zero attached hydrogens (tertiary/aromatic N) is 2. The van der Waals surface area contributed by atoms with Crippen LogP contribution in [0.1, 0.15) is 7.85 Å². The average Bonchev–Trinajstić information content (AvgIpc) is 2.91. The quantitative estimate of drug-likeness (QED) is 0.507. The van der Waals surface area contributed by atoms with E-state index in [1.54, 1.807) is 4.90 Å². The first-order valence-corrected chi connectivity index (χ1v) is 9.56. The molecular weight excluding hydrogens is 377 g/mol. The Morgan fingerprint density at radius 3 is 2.92 bits per heavy atom. The molecule has 2 saturated heterocycles. The van der Waals surface area contributed by atoms with E-state index in [0.29, 0.717) is 10.8 Å². The third-order valence-corrected chi connectivity index (χ3v) is 8.19. The summed E-state index contributed by atoms with van der Waals surface area (Å²) in [6.45, 7) is 0.126. The van der Waals surface area contributed by atoms with Crippen LogP contribution in [-0.2, 0) is 9.59 Å². The molecule has 1 aromatic carbocycles. The number of thioether (sulfide) groups is 2. The van der Waals surface area contributed by atoms with Crippen LogP contribution in [0.4, 0.5) is 0 Å². The molecule has 0 radical (unpaired) electrons. The number of nitrogens with two attached hydrogens (primary N) is 1. The summed E-state index contributed by atoms with van der Waals surface area (Å²) >= 11 is 3.97. The van der Waals surface area contributed by atoms with Gasteiger partial charge in [0.2, 0.25) is 5.91 Å². The molecule has 2 aromatic rings. The number of rotatable bonds is 3. The summed E-state index contributed by atoms with van der Waals surface area (Å²) < 4.78 is 0.395. The number of fused-ring (bicyclic) bond motifs is 2. The number of aromatic nitrogens is 1. The van der Waals surface area contributed by atoms with Gasteiger partial charge in [0.25, 0.3) is 0 Å². The van der Waals surface area contributed by atoms with Crippen LogP contribution < -0.4 is 35.3 Å². The first kappa shape index (κ1) is 18.5. The molecule has 10 heteroatoms. The van der Waals surface area contributed by atoms with Crippen molar-refractivity contribution < 1.29 is 45.7 Å². The second-order valence-corrected chi connectivity index (χ2v) is 9.41. The van der Waals surface area contributed by atoms with E-state index in [4.69, 9.17) is 5.73 Å². The number of hydrogen-bond acceptors (Lipinski definition) is 7. The van der Waals surface area contributed by atoms with E-state index in [0.717, 1.165) is 22.0 Å². The van der Waals surface area contributed by atoms with Gasteiger partial charge in [0.15, 0.2) is 9.09 Å². The van der Waals surface area contributed by atoms with Crippen LogP contribution in [0.3, 0.4) is 0 Å². The van der Waals surface area contributed by atoms with E-state index in [1.165, 1.54) is 23.1 Å². The fourth-order valence-corrected chi connectivity index (χ4v) is 6.80. The van der Waals surface area contributed by atoms with Gasteiger partial charge in [0, 0.05) is 6.54 Å². The maximum atomic E-state index is 12.0. The topological polar surface area (TPSA) is 96.5 Å². The van der Waals surface area contributed by atoms with Crippen LogP contribution >= 0.6 is 34.9 Å². The molecular formula is C14H14N3NaO3S3. The molecule has 4 rings (SSSR count). The number of thiazole rings is 1. The van der Waals surface area contributed by atoms with Crippen molar-refractivity contribution in [2.45, 2.75) is 26.3 Å². The minimum Gasteiger partial charge on any atom is -1.00 e. The molecule has 0 bridgehead atoms. The van der Waals surface area contributed by atoms with E-state index in [1.807, 2.05) is 24.3 Å². The van der Waals surface area contributed by atoms with Gasteiger partial charge < -0.3 is 17.2 Å². The molecule has 2 aliphatic rings. The van der Waals surface area contributed by atoms with Gasteiger partial charge in [0.05, 0.1) is 27.4 Å². The average molecular weight is 391 g/mol. The molecule has 1 amide bonds. The molecule has 2 unspecified atom stereocenters. The van der Waals surface area contributed by atoms with Crippen molar-refractivity contribution in [1.82, 2.24) is 9.88 Å². The Bertz CT molecular complexity index is 790. The standard InChI is InChI=1S/C14H13N3O3S3.Na.H/c15-11-14(12(19)20,6-17-9(18)5-10(17)22-11)23-13-16-7-3-1-2-4-8(7)21-13;;/h1-4,10-11H,5-6,15H2,(H,19,20);;/q;+1;-1/t10-,11?,14?;;/m1../s1. The molecule has 6 nitrogen and oxygen atoms in total. The summed E-state index contributed by atoms with van der Waals surface area (Å²) in [6, 6.07) is 7.67. The number of hydrogen-bond donors (Lipinski definition) is 2. The second-order valence-electron chi connectivity index (χ2n) is 5.48. The fourth-order valence-electron chi connectivity index (χ4n) is 2.73. The molecule has 2 aliphatic heterocycles. The third-order valence-electron chi connectivity index (χ3n) is 4.09. The fraction of sp³-hybridized carbons (Fsp3) is 0.357. The smallest absolute Gasteiger partial charge is 1.00 e. The van der Waals surface area contributed by atoms with E-state index in [9.17, 15) is 14.7 Å². The summed E-state index contributed by atoms with van der Waals surface area (Å²) in [7, 11) is 0. The van der Waals surface area contributed by atoms with Crippen molar-refractivity contribution in [1.29, 1.82) is 0 Å². The summed E-state index contributed by atoms with van der Waals surface area (Å²) in [4.78, 5) is 29.9. The third kappa shape index (κ3) is 2.90. The Kier molecular flexibility index (Phi) is 5.23. The first-order valence-electron chi connectivity index (χ1n) is 6.98. The van der Waals surface area contributed by atoms with Gasteiger partial charge >= 0.3 is 35.5 Å². The summed E-state index contributed by atoms with van der Waals surface area (Å²) in [5.74, 6) is -1.01. The minimum atomic E-state index is -1.27. The van der Waals surface area contributed by atoms with Crippen LogP contribution in [0, 0.1) is 0 Å². The molecule has 3 N–H and O–H groups in total. The van der Waals surface area contributed by atoms with Crippen LogP contribution in [-0.4, -0.2) is 48.9 Å². The SMILES string of the molecule is NC1S[C@@H]2CC(=O)N2CC1(Sc1nc2ccccc2s1)C(=O)O.[H-].[Na+]. The number of β-lactam (4-membered cyclic amide) rings is 1. The van der Waals surface area contributed by atoms with E-state index < -0.39 is 16.1 Å². The number of carbonyl (C=O) groups is 2. The zero-order valence-corrected chi connectivity index (χ0v) is 17.3. The van der Waals surface area contributed by atoms with E-state index in [2.05, 4.69) is 4.98 Å². The molecule has 24 heavy (non-hydrogen) atoms. The number of aliphatic carboxylic acids is 1. The van der Waals surface area contributed by atoms with Crippen molar-refractivity contribution >= 4 is 57.0 Å². The Hall–Kier alpha value is -0.290. The zero-order chi connectivity index (χ0) is 16.2. The number of carboxylic acid groups (broad SMARTS) is 1. The Balaban J connectivity index is 0.00000113. The van der Waals surface area contributed by atoms with Gasteiger partial charge in [-0.2, -0.15) is 0 Å². The largest absolute Gasteiger partial charge is 1.00 e. The molecule has 1 aromatic heterocycles. The number of carbonyl (C=O) groups excluding carboxylic acids is 1. The van der Waals surface area contributed by atoms with Gasteiger partial charge in [-0.25, -0.2) is 4.98 Å². The van der Waals surface area contributed by atoms with Crippen molar-refractivity contribution in [2.75, 3.05) is 6.54 Å². The Morgan fingerprint density at radius 2 is 2.25 bits per heavy atom. The molecule has 3 heterocycles. The Labute approximate surface area is 174 Å². The molecule has 0 saturated carbocycles.